The molecule has 4 rings (SSSR count). The van der Waals surface area contributed by atoms with Gasteiger partial charge in [0.15, 0.2) is 6.10 Å². The molecule has 2 saturated heterocycles. The number of aromatic nitrogens is 3. The van der Waals surface area contributed by atoms with Crippen LogP contribution >= 0.6 is 7.75 Å². The second kappa shape index (κ2) is 8.34. The van der Waals surface area contributed by atoms with Gasteiger partial charge in [-0.2, -0.15) is 13.8 Å². The molecule has 0 radical (unpaired) electrons. The van der Waals surface area contributed by atoms with Gasteiger partial charge in [-0.1, -0.05) is 0 Å². The van der Waals surface area contributed by atoms with Gasteiger partial charge in [-0.05, 0) is 23.8 Å². The van der Waals surface area contributed by atoms with E-state index in [-0.39, 0.29) is 12.4 Å². The molecule has 0 aromatic carbocycles. The van der Waals surface area contributed by atoms with Crippen LogP contribution in [-0.4, -0.2) is 56.1 Å². The van der Waals surface area contributed by atoms with Crippen LogP contribution in [-0.2, 0) is 18.3 Å². The summed E-state index contributed by atoms with van der Waals surface area (Å²) in [7, 11) is -3.90. The minimum absolute atomic E-state index is 0.108. The first-order valence-electron chi connectivity index (χ1n) is 9.26. The van der Waals surface area contributed by atoms with E-state index in [0.29, 0.717) is 11.0 Å². The maximum Gasteiger partial charge on any atom is 0.434 e. The van der Waals surface area contributed by atoms with Crippen LogP contribution in [0.4, 0.5) is 14.6 Å². The highest BCUT2D eigenvalue weighted by molar-refractivity contribution is 7.55. The van der Waals surface area contributed by atoms with Crippen molar-refractivity contribution in [2.75, 3.05) is 18.3 Å². The fourth-order valence-electron chi connectivity index (χ4n) is 3.31. The van der Waals surface area contributed by atoms with E-state index in [1.807, 2.05) is 0 Å². The number of pyridine rings is 1. The predicted molar refractivity (Wildman–Crippen MR) is 100 cm³/mol. The molecule has 0 amide bonds. The fraction of sp³-hybridized carbons (Fsp3) is 0.471. The number of aliphatic hydroxyl groups is 2. The van der Waals surface area contributed by atoms with E-state index in [9.17, 15) is 23.2 Å². The summed E-state index contributed by atoms with van der Waals surface area (Å²) in [4.78, 5) is 19.8. The van der Waals surface area contributed by atoms with Crippen molar-refractivity contribution in [2.24, 2.45) is 0 Å². The van der Waals surface area contributed by atoms with Crippen LogP contribution in [0.15, 0.2) is 41.6 Å². The van der Waals surface area contributed by atoms with Crippen LogP contribution in [0, 0.1) is 0 Å². The lowest BCUT2D eigenvalue weighted by molar-refractivity contribution is -0.140. The summed E-state index contributed by atoms with van der Waals surface area (Å²) in [5.74, 6) is -4.06. The molecule has 4 heterocycles. The molecule has 0 saturated carbocycles. The zero-order chi connectivity index (χ0) is 22.2. The maximum absolute atomic E-state index is 14.3. The Labute approximate surface area is 174 Å². The highest BCUT2D eigenvalue weighted by Crippen LogP contribution is 2.55. The van der Waals surface area contributed by atoms with Gasteiger partial charge in [0.1, 0.15) is 11.9 Å². The van der Waals surface area contributed by atoms with Gasteiger partial charge in [-0.3, -0.25) is 23.7 Å². The number of aliphatic hydroxyl groups excluding tert-OH is 2. The lowest BCUT2D eigenvalue weighted by atomic mass is 10.1. The average Bonchev–Trinajstić information content (AvgIpc) is 2.97. The second-order valence-electron chi connectivity index (χ2n) is 6.94. The van der Waals surface area contributed by atoms with E-state index in [1.165, 1.54) is 0 Å². The number of halogens is 2. The minimum atomic E-state index is -3.90. The van der Waals surface area contributed by atoms with Crippen molar-refractivity contribution in [2.45, 2.75) is 36.9 Å². The van der Waals surface area contributed by atoms with Crippen LogP contribution < -0.4 is 10.8 Å². The molecule has 0 bridgehead atoms. The van der Waals surface area contributed by atoms with Crippen molar-refractivity contribution in [1.29, 1.82) is 0 Å². The summed E-state index contributed by atoms with van der Waals surface area (Å²) >= 11 is 0. The van der Waals surface area contributed by atoms with Gasteiger partial charge in [0.05, 0.1) is 19.3 Å². The van der Waals surface area contributed by atoms with E-state index in [4.69, 9.17) is 18.9 Å². The molecule has 2 aromatic rings. The number of nitrogens with zero attached hydrogens (tertiary/aromatic N) is 3. The molecular weight excluding hydrogens is 441 g/mol. The third-order valence-corrected chi connectivity index (χ3v) is 6.44. The Kier molecular flexibility index (Phi) is 5.90. The molecule has 0 aliphatic carbocycles. The van der Waals surface area contributed by atoms with Crippen molar-refractivity contribution in [1.82, 2.24) is 14.5 Å². The lowest BCUT2D eigenvalue weighted by Crippen LogP contribution is -2.41. The van der Waals surface area contributed by atoms with E-state index < -0.39 is 50.5 Å². The van der Waals surface area contributed by atoms with E-state index >= 15 is 0 Å². The first kappa shape index (κ1) is 21.9. The molecule has 0 spiro atoms. The van der Waals surface area contributed by atoms with E-state index in [1.54, 1.807) is 24.5 Å². The number of anilines is 1. The molecule has 2 unspecified atom stereocenters. The normalized spacial score (nSPS) is 32.6. The number of hydrogen-bond donors (Lipinski definition) is 3. The summed E-state index contributed by atoms with van der Waals surface area (Å²) in [6.45, 7) is -0.748. The highest BCUT2D eigenvalue weighted by atomic mass is 31.2. The fourth-order valence-corrected chi connectivity index (χ4v) is 4.80. The van der Waals surface area contributed by atoms with Crippen molar-refractivity contribution in [3.63, 3.8) is 0 Å². The Morgan fingerprint density at radius 3 is 2.71 bits per heavy atom. The summed E-state index contributed by atoms with van der Waals surface area (Å²) in [5.41, 5.74) is -0.420. The first-order chi connectivity index (χ1) is 14.7. The molecule has 31 heavy (non-hydrogen) atoms. The Bertz CT molecular complexity index is 1040. The molecule has 2 aliphatic heterocycles. The Morgan fingerprint density at radius 1 is 1.32 bits per heavy atom. The van der Waals surface area contributed by atoms with Gasteiger partial charge in [-0.25, -0.2) is 9.36 Å². The molecule has 14 heteroatoms. The Balaban J connectivity index is 1.52. The zero-order valence-electron chi connectivity index (χ0n) is 15.9. The van der Waals surface area contributed by atoms with E-state index in [2.05, 4.69) is 15.1 Å². The molecule has 2 aliphatic rings. The number of nitrogens with one attached hydrogen (secondary N) is 1. The topological polar surface area (TPSA) is 145 Å². The zero-order valence-corrected chi connectivity index (χ0v) is 16.8. The van der Waals surface area contributed by atoms with Crippen molar-refractivity contribution >= 4 is 13.6 Å². The third kappa shape index (κ3) is 4.25. The number of ether oxygens (including phenoxy) is 1. The monoisotopic (exact) mass is 460 g/mol. The van der Waals surface area contributed by atoms with Crippen LogP contribution in [0.25, 0.3) is 0 Å². The van der Waals surface area contributed by atoms with Gasteiger partial charge in [0.25, 0.3) is 0 Å². The third-order valence-electron chi connectivity index (χ3n) is 4.88. The lowest BCUT2D eigenvalue weighted by Gasteiger charge is -2.30. The average molecular weight is 460 g/mol. The van der Waals surface area contributed by atoms with Crippen molar-refractivity contribution < 1.29 is 37.3 Å². The SMILES string of the molecule is O=c1nc(NP2(=O)OCCC(c3ccncc3)O2)ccn1[C@@H]1O[C@H](CO)[C@H](O)C1(F)F. The first-order valence-corrected chi connectivity index (χ1v) is 10.8. The van der Waals surface area contributed by atoms with Gasteiger partial charge in [0.2, 0.25) is 6.23 Å². The molecule has 11 nitrogen and oxygen atoms in total. The van der Waals surface area contributed by atoms with Crippen LogP contribution in [0.5, 0.6) is 0 Å². The molecule has 5 atom stereocenters. The van der Waals surface area contributed by atoms with Gasteiger partial charge in [-0.15, -0.1) is 0 Å². The number of rotatable bonds is 5. The maximum atomic E-state index is 14.3. The smallest absolute Gasteiger partial charge is 0.394 e. The number of hydrogen-bond acceptors (Lipinski definition) is 9. The van der Waals surface area contributed by atoms with Gasteiger partial charge in [0, 0.05) is 25.0 Å². The molecular formula is C17H19F2N4O7P. The van der Waals surface area contributed by atoms with Gasteiger partial charge < -0.3 is 14.9 Å². The quantitative estimate of drug-likeness (QED) is 0.557. The minimum Gasteiger partial charge on any atom is -0.394 e. The summed E-state index contributed by atoms with van der Waals surface area (Å²) in [6.07, 6.45) is -2.06. The Morgan fingerprint density at radius 2 is 2.06 bits per heavy atom. The predicted octanol–water partition coefficient (Wildman–Crippen LogP) is 1.22. The second-order valence-corrected chi connectivity index (χ2v) is 8.62. The highest BCUT2D eigenvalue weighted by Gasteiger charge is 2.59. The van der Waals surface area contributed by atoms with Crippen LogP contribution in [0.3, 0.4) is 0 Å². The van der Waals surface area contributed by atoms with E-state index in [0.717, 1.165) is 17.8 Å². The molecule has 3 N–H and O–H groups in total. The van der Waals surface area contributed by atoms with Crippen LogP contribution in [0.2, 0.25) is 0 Å². The van der Waals surface area contributed by atoms with Crippen molar-refractivity contribution in [3.8, 4) is 0 Å². The largest absolute Gasteiger partial charge is 0.434 e. The van der Waals surface area contributed by atoms with Gasteiger partial charge >= 0.3 is 19.4 Å². The van der Waals surface area contributed by atoms with Crippen molar-refractivity contribution in [3.05, 3.63) is 52.8 Å². The standard InChI is InChI=1S/C17H19F2N4O7P/c18-17(19)14(25)12(9-24)29-15(17)23-7-3-13(21-16(23)26)22-31(27)28-8-4-11(30-31)10-1-5-20-6-2-10/h1-3,5-7,11-12,14-15,24-25H,4,8-9H2,(H,21,22,26,27)/t11?,12-,14+,15-,31?/m1/s1. The molecule has 168 valence electrons. The summed E-state index contributed by atoms with van der Waals surface area (Å²) < 4.78 is 57.6. The molecule has 2 fully saturated rings. The number of alkyl halides is 2. The molecule has 2 aromatic heterocycles. The summed E-state index contributed by atoms with van der Waals surface area (Å²) in [6, 6.07) is 4.52. The summed E-state index contributed by atoms with van der Waals surface area (Å²) in [5, 5.41) is 21.1. The Hall–Kier alpha value is -2.28. The van der Waals surface area contributed by atoms with Crippen LogP contribution in [0.1, 0.15) is 24.3 Å².